The lowest BCUT2D eigenvalue weighted by molar-refractivity contribution is -0.125. The molecule has 0 aromatic heterocycles. The van der Waals surface area contributed by atoms with E-state index in [1.54, 1.807) is 0 Å². The van der Waals surface area contributed by atoms with Crippen LogP contribution in [0.3, 0.4) is 0 Å². The molecule has 0 bridgehead atoms. The van der Waals surface area contributed by atoms with Crippen molar-refractivity contribution in [2.45, 2.75) is 147 Å². The second-order valence-electron chi connectivity index (χ2n) is 9.31. The number of hydrogen-bond donors (Lipinski definition) is 4. The summed E-state index contributed by atoms with van der Waals surface area (Å²) in [6, 6.07) is 0. The molecular formula is C25H48O6. The van der Waals surface area contributed by atoms with Crippen molar-refractivity contribution in [3.63, 3.8) is 0 Å². The van der Waals surface area contributed by atoms with Crippen LogP contribution in [0.15, 0.2) is 0 Å². The van der Waals surface area contributed by atoms with Gasteiger partial charge in [0.15, 0.2) is 0 Å². The predicted molar refractivity (Wildman–Crippen MR) is 123 cm³/mol. The molecule has 31 heavy (non-hydrogen) atoms. The first-order chi connectivity index (χ1) is 15.0. The lowest BCUT2D eigenvalue weighted by Gasteiger charge is -2.18. The smallest absolute Gasteiger partial charge is 0.135 e. The molecule has 1 aliphatic rings. The normalized spacial score (nSPS) is 24.5. The number of carbonyl (C=O) groups excluding carboxylic acids is 1. The quantitative estimate of drug-likeness (QED) is 0.211. The first kappa shape index (κ1) is 28.5. The summed E-state index contributed by atoms with van der Waals surface area (Å²) >= 11 is 0. The van der Waals surface area contributed by atoms with E-state index in [0.29, 0.717) is 6.42 Å². The molecule has 0 saturated carbocycles. The standard InChI is InChI=1S/C25H48O6/c1-2-3-4-5-6-7-8-9-10-11-12-13-14-15-16-17-20(27)18-22-23(29)24(30)25(31-22)21(28)19-26/h21-26,28-30H,2-19H2,1H3/t21-,22-,23+,24-,25-/m1/s1. The summed E-state index contributed by atoms with van der Waals surface area (Å²) in [6.07, 6.45) is 14.1. The number of ether oxygens (including phenoxy) is 1. The summed E-state index contributed by atoms with van der Waals surface area (Å²) in [5, 5.41) is 38.5. The van der Waals surface area contributed by atoms with E-state index >= 15 is 0 Å². The highest BCUT2D eigenvalue weighted by Gasteiger charge is 2.46. The number of unbranched alkanes of at least 4 members (excludes halogenated alkanes) is 14. The minimum Gasteiger partial charge on any atom is -0.394 e. The maximum atomic E-state index is 12.1. The van der Waals surface area contributed by atoms with Crippen molar-refractivity contribution in [3.05, 3.63) is 0 Å². The zero-order valence-electron chi connectivity index (χ0n) is 19.7. The van der Waals surface area contributed by atoms with E-state index in [9.17, 15) is 20.1 Å². The highest BCUT2D eigenvalue weighted by Crippen LogP contribution is 2.26. The summed E-state index contributed by atoms with van der Waals surface area (Å²) in [7, 11) is 0. The zero-order valence-corrected chi connectivity index (χ0v) is 19.7. The van der Waals surface area contributed by atoms with Gasteiger partial charge in [0.1, 0.15) is 30.2 Å². The predicted octanol–water partition coefficient (Wildman–Crippen LogP) is 4.05. The van der Waals surface area contributed by atoms with Gasteiger partial charge in [0.25, 0.3) is 0 Å². The Morgan fingerprint density at radius 1 is 0.774 bits per heavy atom. The van der Waals surface area contributed by atoms with E-state index in [1.807, 2.05) is 0 Å². The van der Waals surface area contributed by atoms with E-state index < -0.39 is 37.1 Å². The van der Waals surface area contributed by atoms with E-state index in [1.165, 1.54) is 77.0 Å². The van der Waals surface area contributed by atoms with Crippen LogP contribution >= 0.6 is 0 Å². The van der Waals surface area contributed by atoms with E-state index in [-0.39, 0.29) is 12.2 Å². The molecule has 1 rings (SSSR count). The Bertz CT molecular complexity index is 444. The molecule has 1 saturated heterocycles. The van der Waals surface area contributed by atoms with Crippen LogP contribution in [-0.2, 0) is 9.53 Å². The largest absolute Gasteiger partial charge is 0.394 e. The SMILES string of the molecule is CCCCCCCCCCCCCCCCCC(=O)C[C@H]1O[C@H]([C@H](O)CO)[C@H](O)[C@H]1O. The fraction of sp³-hybridized carbons (Fsp3) is 0.960. The van der Waals surface area contributed by atoms with Crippen molar-refractivity contribution in [2.24, 2.45) is 0 Å². The summed E-state index contributed by atoms with van der Waals surface area (Å²) in [6.45, 7) is 1.70. The summed E-state index contributed by atoms with van der Waals surface area (Å²) < 4.78 is 5.41. The Morgan fingerprint density at radius 3 is 1.68 bits per heavy atom. The molecule has 6 nitrogen and oxygen atoms in total. The van der Waals surface area contributed by atoms with Crippen LogP contribution < -0.4 is 0 Å². The summed E-state index contributed by atoms with van der Waals surface area (Å²) in [4.78, 5) is 12.1. The van der Waals surface area contributed by atoms with Crippen LogP contribution in [0.25, 0.3) is 0 Å². The van der Waals surface area contributed by atoms with Crippen LogP contribution in [0.2, 0.25) is 0 Å². The molecule has 0 spiro atoms. The number of aliphatic hydroxyl groups excluding tert-OH is 4. The molecule has 0 radical (unpaired) electrons. The number of Topliss-reactive ketones (excluding diaryl/α,β-unsaturated/α-hetero) is 1. The number of ketones is 1. The highest BCUT2D eigenvalue weighted by atomic mass is 16.6. The molecule has 0 aromatic rings. The minimum atomic E-state index is -1.29. The van der Waals surface area contributed by atoms with Gasteiger partial charge in [0, 0.05) is 12.8 Å². The first-order valence-corrected chi connectivity index (χ1v) is 12.8. The van der Waals surface area contributed by atoms with Crippen LogP contribution in [0.1, 0.15) is 116 Å². The fourth-order valence-corrected chi connectivity index (χ4v) is 4.39. The third kappa shape index (κ3) is 12.3. The van der Waals surface area contributed by atoms with E-state index in [0.717, 1.165) is 19.3 Å². The van der Waals surface area contributed by atoms with Crippen LogP contribution in [0, 0.1) is 0 Å². The third-order valence-corrected chi connectivity index (χ3v) is 6.45. The zero-order chi connectivity index (χ0) is 22.9. The molecule has 0 amide bonds. The van der Waals surface area contributed by atoms with Gasteiger partial charge in [-0.15, -0.1) is 0 Å². The average Bonchev–Trinajstić information content (AvgIpc) is 3.04. The molecule has 1 aliphatic heterocycles. The molecule has 1 heterocycles. The number of rotatable bonds is 20. The molecule has 0 aliphatic carbocycles. The van der Waals surface area contributed by atoms with Crippen LogP contribution in [0.4, 0.5) is 0 Å². The summed E-state index contributed by atoms with van der Waals surface area (Å²) in [5.41, 5.74) is 0. The Kier molecular flexibility index (Phi) is 16.5. The fourth-order valence-electron chi connectivity index (χ4n) is 4.39. The Labute approximate surface area is 189 Å². The lowest BCUT2D eigenvalue weighted by atomic mass is 9.99. The third-order valence-electron chi connectivity index (χ3n) is 6.45. The van der Waals surface area contributed by atoms with Crippen molar-refractivity contribution in [2.75, 3.05) is 6.61 Å². The topological polar surface area (TPSA) is 107 Å². The minimum absolute atomic E-state index is 0.00471. The number of carbonyl (C=O) groups is 1. The maximum absolute atomic E-state index is 12.1. The van der Waals surface area contributed by atoms with Gasteiger partial charge < -0.3 is 25.2 Å². The van der Waals surface area contributed by atoms with Gasteiger partial charge in [-0.05, 0) is 6.42 Å². The van der Waals surface area contributed by atoms with Gasteiger partial charge in [-0.1, -0.05) is 96.8 Å². The molecule has 6 heteroatoms. The van der Waals surface area contributed by atoms with E-state index in [2.05, 4.69) is 6.92 Å². The van der Waals surface area contributed by atoms with Gasteiger partial charge >= 0.3 is 0 Å². The van der Waals surface area contributed by atoms with Gasteiger partial charge in [0.05, 0.1) is 12.7 Å². The van der Waals surface area contributed by atoms with Gasteiger partial charge in [-0.3, -0.25) is 4.79 Å². The van der Waals surface area contributed by atoms with Gasteiger partial charge in [-0.25, -0.2) is 0 Å². The second-order valence-corrected chi connectivity index (χ2v) is 9.31. The maximum Gasteiger partial charge on any atom is 0.135 e. The Hall–Kier alpha value is -0.530. The van der Waals surface area contributed by atoms with Crippen LogP contribution in [-0.4, -0.2) is 63.3 Å². The van der Waals surface area contributed by atoms with E-state index in [4.69, 9.17) is 9.84 Å². The molecule has 0 unspecified atom stereocenters. The summed E-state index contributed by atoms with van der Waals surface area (Å²) in [5.74, 6) is 0.00471. The molecule has 1 fully saturated rings. The number of aliphatic hydroxyl groups is 4. The first-order valence-electron chi connectivity index (χ1n) is 12.8. The average molecular weight is 445 g/mol. The Morgan fingerprint density at radius 2 is 1.23 bits per heavy atom. The van der Waals surface area contributed by atoms with Crippen molar-refractivity contribution in [1.29, 1.82) is 0 Å². The second kappa shape index (κ2) is 18.0. The van der Waals surface area contributed by atoms with Crippen molar-refractivity contribution in [3.8, 4) is 0 Å². The molecule has 5 atom stereocenters. The molecule has 4 N–H and O–H groups in total. The number of hydrogen-bond acceptors (Lipinski definition) is 6. The Balaban J connectivity index is 1.93. The monoisotopic (exact) mass is 444 g/mol. The highest BCUT2D eigenvalue weighted by molar-refractivity contribution is 5.79. The molecule has 0 aromatic carbocycles. The van der Waals surface area contributed by atoms with Crippen molar-refractivity contribution in [1.82, 2.24) is 0 Å². The van der Waals surface area contributed by atoms with Gasteiger partial charge in [-0.2, -0.15) is 0 Å². The molecule has 184 valence electrons. The van der Waals surface area contributed by atoms with Gasteiger partial charge in [0.2, 0.25) is 0 Å². The van der Waals surface area contributed by atoms with Crippen molar-refractivity contribution >= 4 is 5.78 Å². The molecular weight excluding hydrogens is 396 g/mol. The lowest BCUT2D eigenvalue weighted by Crippen LogP contribution is -2.40. The van der Waals surface area contributed by atoms with Crippen molar-refractivity contribution < 1.29 is 30.0 Å². The van der Waals surface area contributed by atoms with Crippen LogP contribution in [0.5, 0.6) is 0 Å².